The van der Waals surface area contributed by atoms with Crippen LogP contribution in [0.1, 0.15) is 38.2 Å². The van der Waals surface area contributed by atoms with E-state index in [1.807, 2.05) is 0 Å². The summed E-state index contributed by atoms with van der Waals surface area (Å²) in [7, 11) is 0. The van der Waals surface area contributed by atoms with Gasteiger partial charge in [0.05, 0.1) is 0 Å². The molecule has 0 aliphatic carbocycles. The van der Waals surface area contributed by atoms with Crippen LogP contribution in [-0.2, 0) is 6.42 Å². The summed E-state index contributed by atoms with van der Waals surface area (Å²) in [5, 5.41) is 19.0. The molecule has 0 fully saturated rings. The minimum absolute atomic E-state index is 0.0606. The summed E-state index contributed by atoms with van der Waals surface area (Å²) < 4.78 is 5.70. The molecule has 0 spiro atoms. The van der Waals surface area contributed by atoms with Crippen LogP contribution in [0.3, 0.4) is 0 Å². The van der Waals surface area contributed by atoms with E-state index in [9.17, 15) is 10.2 Å². The number of benzene rings is 1. The van der Waals surface area contributed by atoms with Crippen molar-refractivity contribution in [2.24, 2.45) is 0 Å². The lowest BCUT2D eigenvalue weighted by Crippen LogP contribution is -2.12. The first-order valence-electron chi connectivity index (χ1n) is 5.92. The SMILES string of the molecule is CCCCCC1Cc2c(O)cc(O)cc2O1. The quantitative estimate of drug-likeness (QED) is 0.770. The average molecular weight is 222 g/mol. The number of hydrogen-bond donors (Lipinski definition) is 2. The highest BCUT2D eigenvalue weighted by atomic mass is 16.5. The smallest absolute Gasteiger partial charge is 0.130 e. The molecule has 0 bridgehead atoms. The Morgan fingerprint density at radius 2 is 2.12 bits per heavy atom. The van der Waals surface area contributed by atoms with Crippen molar-refractivity contribution in [3.8, 4) is 17.2 Å². The van der Waals surface area contributed by atoms with Crippen LogP contribution in [0.4, 0.5) is 0 Å². The molecule has 1 aliphatic rings. The fourth-order valence-corrected chi connectivity index (χ4v) is 2.16. The molecule has 1 heterocycles. The van der Waals surface area contributed by atoms with E-state index >= 15 is 0 Å². The number of aromatic hydroxyl groups is 2. The van der Waals surface area contributed by atoms with Crippen LogP contribution >= 0.6 is 0 Å². The molecule has 16 heavy (non-hydrogen) atoms. The fourth-order valence-electron chi connectivity index (χ4n) is 2.16. The van der Waals surface area contributed by atoms with Crippen LogP contribution in [0.5, 0.6) is 17.2 Å². The summed E-state index contributed by atoms with van der Waals surface area (Å²) in [6.07, 6.45) is 5.50. The van der Waals surface area contributed by atoms with Gasteiger partial charge in [-0.05, 0) is 12.8 Å². The molecular weight excluding hydrogens is 204 g/mol. The van der Waals surface area contributed by atoms with Crippen molar-refractivity contribution in [2.75, 3.05) is 0 Å². The molecule has 1 aromatic rings. The second kappa shape index (κ2) is 4.64. The molecule has 1 aromatic carbocycles. The van der Waals surface area contributed by atoms with Gasteiger partial charge < -0.3 is 14.9 Å². The lowest BCUT2D eigenvalue weighted by Gasteiger charge is -2.09. The Bertz CT molecular complexity index is 374. The van der Waals surface area contributed by atoms with Gasteiger partial charge >= 0.3 is 0 Å². The average Bonchev–Trinajstić information content (AvgIpc) is 2.61. The molecule has 1 atom stereocenters. The van der Waals surface area contributed by atoms with Gasteiger partial charge in [0.25, 0.3) is 0 Å². The van der Waals surface area contributed by atoms with Crippen LogP contribution in [0.2, 0.25) is 0 Å². The van der Waals surface area contributed by atoms with Crippen LogP contribution < -0.4 is 4.74 Å². The molecular formula is C13H18O3. The third-order valence-electron chi connectivity index (χ3n) is 3.03. The molecule has 0 saturated heterocycles. The summed E-state index contributed by atoms with van der Waals surface area (Å²) in [6, 6.07) is 2.95. The summed E-state index contributed by atoms with van der Waals surface area (Å²) >= 11 is 0. The highest BCUT2D eigenvalue weighted by molar-refractivity contribution is 5.51. The molecule has 1 aliphatic heterocycles. The zero-order chi connectivity index (χ0) is 11.5. The number of ether oxygens (including phenoxy) is 1. The maximum absolute atomic E-state index is 9.66. The predicted molar refractivity (Wildman–Crippen MR) is 62.0 cm³/mol. The first-order chi connectivity index (χ1) is 7.70. The van der Waals surface area contributed by atoms with E-state index in [0.717, 1.165) is 24.8 Å². The van der Waals surface area contributed by atoms with Gasteiger partial charge in [-0.3, -0.25) is 0 Å². The van der Waals surface area contributed by atoms with Crippen molar-refractivity contribution >= 4 is 0 Å². The Hall–Kier alpha value is -1.38. The van der Waals surface area contributed by atoms with Gasteiger partial charge in [-0.15, -0.1) is 0 Å². The van der Waals surface area contributed by atoms with E-state index in [-0.39, 0.29) is 17.6 Å². The number of fused-ring (bicyclic) bond motifs is 1. The van der Waals surface area contributed by atoms with Crippen molar-refractivity contribution in [3.05, 3.63) is 17.7 Å². The summed E-state index contributed by atoms with van der Waals surface area (Å²) in [4.78, 5) is 0. The van der Waals surface area contributed by atoms with Gasteiger partial charge in [-0.2, -0.15) is 0 Å². The Balaban J connectivity index is 2.01. The lowest BCUT2D eigenvalue weighted by atomic mass is 10.0. The maximum Gasteiger partial charge on any atom is 0.130 e. The molecule has 0 radical (unpaired) electrons. The van der Waals surface area contributed by atoms with Crippen LogP contribution in [0.25, 0.3) is 0 Å². The Labute approximate surface area is 95.7 Å². The van der Waals surface area contributed by atoms with Gasteiger partial charge in [0.15, 0.2) is 0 Å². The van der Waals surface area contributed by atoms with Gasteiger partial charge in [0.1, 0.15) is 23.4 Å². The Kier molecular flexibility index (Phi) is 3.22. The largest absolute Gasteiger partial charge is 0.508 e. The van der Waals surface area contributed by atoms with Gasteiger partial charge in [0.2, 0.25) is 0 Å². The van der Waals surface area contributed by atoms with Crippen LogP contribution in [0.15, 0.2) is 12.1 Å². The third kappa shape index (κ3) is 2.23. The molecule has 0 amide bonds. The zero-order valence-electron chi connectivity index (χ0n) is 9.57. The highest BCUT2D eigenvalue weighted by Crippen LogP contribution is 2.39. The Morgan fingerprint density at radius 1 is 1.31 bits per heavy atom. The summed E-state index contributed by atoms with van der Waals surface area (Å²) in [5.74, 6) is 0.845. The normalized spacial score (nSPS) is 18.2. The second-order valence-electron chi connectivity index (χ2n) is 4.38. The predicted octanol–water partition coefficient (Wildman–Crippen LogP) is 2.98. The van der Waals surface area contributed by atoms with Gasteiger partial charge in [-0.25, -0.2) is 0 Å². The minimum atomic E-state index is 0.0606. The molecule has 1 unspecified atom stereocenters. The topological polar surface area (TPSA) is 49.7 Å². The lowest BCUT2D eigenvalue weighted by molar-refractivity contribution is 0.216. The van der Waals surface area contributed by atoms with Crippen molar-refractivity contribution in [3.63, 3.8) is 0 Å². The van der Waals surface area contributed by atoms with Crippen molar-refractivity contribution in [1.82, 2.24) is 0 Å². The van der Waals surface area contributed by atoms with E-state index in [2.05, 4.69) is 6.92 Å². The molecule has 2 N–H and O–H groups in total. The number of rotatable bonds is 4. The van der Waals surface area contributed by atoms with E-state index < -0.39 is 0 Å². The van der Waals surface area contributed by atoms with Crippen molar-refractivity contribution < 1.29 is 14.9 Å². The summed E-state index contributed by atoms with van der Waals surface area (Å²) in [5.41, 5.74) is 0.833. The monoisotopic (exact) mass is 222 g/mol. The number of phenols is 2. The molecule has 2 rings (SSSR count). The fraction of sp³-hybridized carbons (Fsp3) is 0.538. The van der Waals surface area contributed by atoms with Crippen molar-refractivity contribution in [2.45, 2.75) is 45.1 Å². The highest BCUT2D eigenvalue weighted by Gasteiger charge is 2.25. The Morgan fingerprint density at radius 3 is 2.88 bits per heavy atom. The van der Waals surface area contributed by atoms with E-state index in [1.165, 1.54) is 18.9 Å². The van der Waals surface area contributed by atoms with Gasteiger partial charge in [0, 0.05) is 24.1 Å². The third-order valence-corrected chi connectivity index (χ3v) is 3.03. The number of hydrogen-bond acceptors (Lipinski definition) is 3. The maximum atomic E-state index is 9.66. The first-order valence-corrected chi connectivity index (χ1v) is 5.92. The first kappa shape index (κ1) is 11.1. The zero-order valence-corrected chi connectivity index (χ0v) is 9.57. The van der Waals surface area contributed by atoms with E-state index in [4.69, 9.17) is 4.74 Å². The molecule has 0 aromatic heterocycles. The van der Waals surface area contributed by atoms with Crippen LogP contribution in [-0.4, -0.2) is 16.3 Å². The standard InChI is InChI=1S/C13H18O3/c1-2-3-4-5-10-8-11-12(15)6-9(14)7-13(11)16-10/h6-7,10,14-15H,2-5,8H2,1H3. The van der Waals surface area contributed by atoms with E-state index in [1.54, 1.807) is 6.07 Å². The molecule has 3 heteroatoms. The molecule has 0 saturated carbocycles. The van der Waals surface area contributed by atoms with Crippen molar-refractivity contribution in [1.29, 1.82) is 0 Å². The van der Waals surface area contributed by atoms with Crippen LogP contribution in [0, 0.1) is 0 Å². The molecule has 88 valence electrons. The van der Waals surface area contributed by atoms with Gasteiger partial charge in [-0.1, -0.05) is 19.8 Å². The minimum Gasteiger partial charge on any atom is -0.508 e. The number of phenolic OH excluding ortho intramolecular Hbond substituents is 2. The summed E-state index contributed by atoms with van der Waals surface area (Å²) in [6.45, 7) is 2.17. The number of unbranched alkanes of at least 4 members (excludes halogenated alkanes) is 2. The second-order valence-corrected chi connectivity index (χ2v) is 4.38. The molecule has 3 nitrogen and oxygen atoms in total. The van der Waals surface area contributed by atoms with E-state index in [0.29, 0.717) is 5.75 Å².